The molecule has 1 unspecified atom stereocenters. The van der Waals surface area contributed by atoms with Crippen LogP contribution in [0.4, 0.5) is 0 Å². The Balaban J connectivity index is 1.76. The fourth-order valence-electron chi connectivity index (χ4n) is 4.49. The van der Waals surface area contributed by atoms with Crippen molar-refractivity contribution in [3.05, 3.63) is 58.7 Å². The highest BCUT2D eigenvalue weighted by atomic mass is 16.5. The number of carbonyl (C=O) groups excluding carboxylic acids is 2. The number of ether oxygens (including phenoxy) is 2. The zero-order valence-corrected chi connectivity index (χ0v) is 21.1. The second kappa shape index (κ2) is 11.9. The number of hydrogen-bond acceptors (Lipinski definition) is 4. The van der Waals surface area contributed by atoms with Gasteiger partial charge in [0.2, 0.25) is 5.91 Å². The highest BCUT2D eigenvalue weighted by Gasteiger charge is 2.28. The topological polar surface area (TPSA) is 67.9 Å². The molecule has 1 saturated carbocycles. The molecule has 2 aromatic rings. The molecule has 3 rings (SSSR count). The van der Waals surface area contributed by atoms with E-state index in [1.807, 2.05) is 51.1 Å². The second-order valence-corrected chi connectivity index (χ2v) is 9.39. The van der Waals surface area contributed by atoms with Gasteiger partial charge in [-0.2, -0.15) is 0 Å². The van der Waals surface area contributed by atoms with Gasteiger partial charge in [-0.05, 0) is 81.0 Å². The Hall–Kier alpha value is -3.02. The van der Waals surface area contributed by atoms with Crippen LogP contribution in [0.15, 0.2) is 36.4 Å². The molecule has 6 heteroatoms. The maximum absolute atomic E-state index is 13.4. The van der Waals surface area contributed by atoms with Crippen molar-refractivity contribution >= 4 is 11.8 Å². The van der Waals surface area contributed by atoms with Gasteiger partial charge in [0.1, 0.15) is 17.5 Å². The summed E-state index contributed by atoms with van der Waals surface area (Å²) in [4.78, 5) is 28.1. The van der Waals surface area contributed by atoms with Crippen molar-refractivity contribution in [3.63, 3.8) is 0 Å². The van der Waals surface area contributed by atoms with Crippen LogP contribution in [-0.4, -0.2) is 42.5 Å². The molecule has 2 amide bonds. The lowest BCUT2D eigenvalue weighted by atomic mass is 9.95. The Kier molecular flexibility index (Phi) is 8.97. The van der Waals surface area contributed by atoms with E-state index in [0.717, 1.165) is 47.9 Å². The Bertz CT molecular complexity index is 998. The molecule has 1 aliphatic carbocycles. The van der Waals surface area contributed by atoms with Crippen molar-refractivity contribution in [2.45, 2.75) is 78.4 Å². The van der Waals surface area contributed by atoms with Gasteiger partial charge in [-0.25, -0.2) is 0 Å². The second-order valence-electron chi connectivity index (χ2n) is 9.39. The molecular formula is C28H38N2O4. The van der Waals surface area contributed by atoms with Crippen LogP contribution in [-0.2, 0) is 16.1 Å². The van der Waals surface area contributed by atoms with E-state index < -0.39 is 6.04 Å². The van der Waals surface area contributed by atoms with Crippen LogP contribution < -0.4 is 14.8 Å². The van der Waals surface area contributed by atoms with E-state index in [1.165, 1.54) is 6.42 Å². The summed E-state index contributed by atoms with van der Waals surface area (Å²) < 4.78 is 11.3. The van der Waals surface area contributed by atoms with E-state index in [0.29, 0.717) is 18.0 Å². The van der Waals surface area contributed by atoms with Crippen molar-refractivity contribution in [2.24, 2.45) is 0 Å². The fourth-order valence-corrected chi connectivity index (χ4v) is 4.49. The number of nitrogens with one attached hydrogen (secondary N) is 1. The molecule has 1 N–H and O–H groups in total. The van der Waals surface area contributed by atoms with Gasteiger partial charge in [0.25, 0.3) is 5.91 Å². The molecule has 0 aliphatic heterocycles. The summed E-state index contributed by atoms with van der Waals surface area (Å²) in [6.45, 7) is 7.98. The molecule has 0 radical (unpaired) electrons. The Morgan fingerprint density at radius 2 is 1.82 bits per heavy atom. The third kappa shape index (κ3) is 6.75. The Morgan fingerprint density at radius 3 is 2.53 bits per heavy atom. The van der Waals surface area contributed by atoms with Crippen LogP contribution in [0.2, 0.25) is 0 Å². The van der Waals surface area contributed by atoms with E-state index in [2.05, 4.69) is 11.4 Å². The van der Waals surface area contributed by atoms with Crippen LogP contribution in [0.3, 0.4) is 0 Å². The summed E-state index contributed by atoms with van der Waals surface area (Å²) in [7, 11) is 1.61. The lowest BCUT2D eigenvalue weighted by Crippen LogP contribution is -2.51. The van der Waals surface area contributed by atoms with E-state index in [4.69, 9.17) is 9.47 Å². The molecule has 0 spiro atoms. The normalized spacial score (nSPS) is 14.9. The maximum Gasteiger partial charge on any atom is 0.261 e. The summed E-state index contributed by atoms with van der Waals surface area (Å²) in [6.07, 6.45) is 5.48. The first-order valence-corrected chi connectivity index (χ1v) is 12.2. The van der Waals surface area contributed by atoms with Gasteiger partial charge in [-0.15, -0.1) is 0 Å². The minimum atomic E-state index is -0.621. The molecule has 0 bridgehead atoms. The van der Waals surface area contributed by atoms with Crippen LogP contribution in [0.5, 0.6) is 11.5 Å². The minimum Gasteiger partial charge on any atom is -0.497 e. The number of aryl methyl sites for hydroxylation is 2. The van der Waals surface area contributed by atoms with Gasteiger partial charge in [0, 0.05) is 12.6 Å². The van der Waals surface area contributed by atoms with E-state index in [-0.39, 0.29) is 24.5 Å². The van der Waals surface area contributed by atoms with E-state index in [1.54, 1.807) is 18.9 Å². The first-order chi connectivity index (χ1) is 16.3. The molecular weight excluding hydrogens is 428 g/mol. The number of rotatable bonds is 9. The molecule has 184 valence electrons. The highest BCUT2D eigenvalue weighted by Crippen LogP contribution is 2.24. The summed E-state index contributed by atoms with van der Waals surface area (Å²) in [5.74, 6) is 1.07. The maximum atomic E-state index is 13.4. The number of benzene rings is 2. The first-order valence-electron chi connectivity index (χ1n) is 12.2. The standard InChI is InChI=1S/C28H38N2O4/c1-19-14-20(2)21(3)26(15-19)34-18-27(31)30(17-23-10-9-13-25(16-23)33-5)22(4)28(32)29-24-11-7-6-8-12-24/h9-10,13-16,22,24H,6-8,11-12,17-18H2,1-5H3,(H,29,32). The molecule has 6 nitrogen and oxygen atoms in total. The monoisotopic (exact) mass is 466 g/mol. The quantitative estimate of drug-likeness (QED) is 0.573. The van der Waals surface area contributed by atoms with Crippen molar-refractivity contribution in [2.75, 3.05) is 13.7 Å². The SMILES string of the molecule is COc1cccc(CN(C(=O)COc2cc(C)cc(C)c2C)C(C)C(=O)NC2CCCCC2)c1. The number of carbonyl (C=O) groups is 2. The minimum absolute atomic E-state index is 0.120. The van der Waals surface area contributed by atoms with Gasteiger partial charge in [-0.1, -0.05) is 37.5 Å². The molecule has 2 aromatic carbocycles. The number of amides is 2. The zero-order valence-electron chi connectivity index (χ0n) is 21.1. The molecule has 0 saturated heterocycles. The van der Waals surface area contributed by atoms with Crippen LogP contribution in [0.25, 0.3) is 0 Å². The average molecular weight is 467 g/mol. The molecule has 0 heterocycles. The smallest absolute Gasteiger partial charge is 0.261 e. The van der Waals surface area contributed by atoms with E-state index >= 15 is 0 Å². The fraction of sp³-hybridized carbons (Fsp3) is 0.500. The third-order valence-electron chi connectivity index (χ3n) is 6.72. The summed E-state index contributed by atoms with van der Waals surface area (Å²) in [6, 6.07) is 11.2. The van der Waals surface area contributed by atoms with Crippen molar-refractivity contribution < 1.29 is 19.1 Å². The van der Waals surface area contributed by atoms with Gasteiger partial charge >= 0.3 is 0 Å². The molecule has 1 atom stereocenters. The van der Waals surface area contributed by atoms with Crippen LogP contribution in [0, 0.1) is 20.8 Å². The lowest BCUT2D eigenvalue weighted by Gasteiger charge is -2.31. The van der Waals surface area contributed by atoms with Crippen LogP contribution >= 0.6 is 0 Å². The average Bonchev–Trinajstić information content (AvgIpc) is 2.84. The summed E-state index contributed by atoms with van der Waals surface area (Å²) in [5.41, 5.74) is 4.11. The summed E-state index contributed by atoms with van der Waals surface area (Å²) in [5, 5.41) is 3.16. The zero-order chi connectivity index (χ0) is 24.7. The summed E-state index contributed by atoms with van der Waals surface area (Å²) >= 11 is 0. The highest BCUT2D eigenvalue weighted by molar-refractivity contribution is 5.88. The number of methoxy groups -OCH3 is 1. The Morgan fingerprint density at radius 1 is 1.09 bits per heavy atom. The first kappa shape index (κ1) is 25.6. The molecule has 1 aliphatic rings. The lowest BCUT2D eigenvalue weighted by molar-refractivity contribution is -0.142. The molecule has 1 fully saturated rings. The molecule has 34 heavy (non-hydrogen) atoms. The Labute approximate surface area is 203 Å². The number of nitrogens with zero attached hydrogens (tertiary/aromatic N) is 1. The predicted octanol–water partition coefficient (Wildman–Crippen LogP) is 4.87. The third-order valence-corrected chi connectivity index (χ3v) is 6.72. The van der Waals surface area contributed by atoms with Gasteiger partial charge < -0.3 is 19.7 Å². The van der Waals surface area contributed by atoms with Gasteiger partial charge in [-0.3, -0.25) is 9.59 Å². The molecule has 0 aromatic heterocycles. The number of hydrogen-bond donors (Lipinski definition) is 1. The van der Waals surface area contributed by atoms with E-state index in [9.17, 15) is 9.59 Å². The van der Waals surface area contributed by atoms with Gasteiger partial charge in [0.05, 0.1) is 7.11 Å². The predicted molar refractivity (Wildman–Crippen MR) is 134 cm³/mol. The van der Waals surface area contributed by atoms with Crippen LogP contribution in [0.1, 0.15) is 61.3 Å². The largest absolute Gasteiger partial charge is 0.497 e. The van der Waals surface area contributed by atoms with Crippen molar-refractivity contribution in [1.29, 1.82) is 0 Å². The van der Waals surface area contributed by atoms with Crippen molar-refractivity contribution in [1.82, 2.24) is 10.2 Å². The van der Waals surface area contributed by atoms with Crippen molar-refractivity contribution in [3.8, 4) is 11.5 Å². The van der Waals surface area contributed by atoms with Gasteiger partial charge in [0.15, 0.2) is 6.61 Å².